The summed E-state index contributed by atoms with van der Waals surface area (Å²) in [6.45, 7) is 3.56. The zero-order valence-corrected chi connectivity index (χ0v) is 19.2. The van der Waals surface area contributed by atoms with Gasteiger partial charge >= 0.3 is 5.97 Å². The first-order valence-electron chi connectivity index (χ1n) is 10.4. The number of aromatic nitrogens is 2. The number of benzene rings is 2. The lowest BCUT2D eigenvalue weighted by Crippen LogP contribution is -2.43. The number of nitrogens with two attached hydrogens (primary N) is 1. The van der Waals surface area contributed by atoms with Crippen molar-refractivity contribution >= 4 is 40.8 Å². The summed E-state index contributed by atoms with van der Waals surface area (Å²) >= 11 is 12.4. The molecular formula is C24H24Cl2N4O2. The number of esters is 1. The molecule has 0 radical (unpaired) electrons. The quantitative estimate of drug-likeness (QED) is 0.503. The number of anilines is 2. The molecule has 1 fully saturated rings. The molecule has 0 amide bonds. The van der Waals surface area contributed by atoms with Gasteiger partial charge in [0.05, 0.1) is 21.7 Å². The van der Waals surface area contributed by atoms with Gasteiger partial charge in [-0.15, -0.1) is 0 Å². The highest BCUT2D eigenvalue weighted by Crippen LogP contribution is 2.37. The third-order valence-electron chi connectivity index (χ3n) is 5.89. The van der Waals surface area contributed by atoms with E-state index < -0.39 is 5.41 Å². The fourth-order valence-electron chi connectivity index (χ4n) is 3.77. The number of ether oxygens (including phenoxy) is 1. The van der Waals surface area contributed by atoms with Crippen molar-refractivity contribution < 1.29 is 9.53 Å². The second-order valence-electron chi connectivity index (χ2n) is 8.17. The fraction of sp³-hybridized carbons (Fsp3) is 0.292. The number of nitrogen functional groups attached to an aromatic ring is 1. The van der Waals surface area contributed by atoms with Crippen LogP contribution in [0.25, 0.3) is 11.3 Å². The zero-order valence-electron chi connectivity index (χ0n) is 17.7. The number of hydrogen-bond donors (Lipinski definition) is 1. The number of carbonyl (C=O) groups excluding carboxylic acids is 1. The maximum atomic E-state index is 12.7. The summed E-state index contributed by atoms with van der Waals surface area (Å²) in [5.74, 6) is 0.781. The standard InChI is InChI=1S/C24H24Cl2N4O2/c1-24(23(31)32-15-16-6-3-2-4-7-16)10-12-30(13-11-24)19-14-28-21(22(27)29-19)17-8-5-9-18(25)20(17)26/h2-9,14H,10-13,15H2,1H3,(H2,27,29). The van der Waals surface area contributed by atoms with E-state index in [9.17, 15) is 4.79 Å². The summed E-state index contributed by atoms with van der Waals surface area (Å²) in [4.78, 5) is 23.9. The third kappa shape index (κ3) is 4.66. The smallest absolute Gasteiger partial charge is 0.312 e. The molecule has 2 aromatic carbocycles. The number of carbonyl (C=O) groups is 1. The number of piperidine rings is 1. The van der Waals surface area contributed by atoms with Crippen LogP contribution in [0.1, 0.15) is 25.3 Å². The van der Waals surface area contributed by atoms with Crippen LogP contribution in [0, 0.1) is 5.41 Å². The van der Waals surface area contributed by atoms with Crippen molar-refractivity contribution in [3.8, 4) is 11.3 Å². The van der Waals surface area contributed by atoms with E-state index in [1.54, 1.807) is 18.3 Å². The first kappa shape index (κ1) is 22.4. The molecule has 166 valence electrons. The van der Waals surface area contributed by atoms with Crippen LogP contribution in [0.4, 0.5) is 11.6 Å². The van der Waals surface area contributed by atoms with Crippen LogP contribution < -0.4 is 10.6 Å². The highest BCUT2D eigenvalue weighted by Gasteiger charge is 2.38. The molecule has 2 heterocycles. The summed E-state index contributed by atoms with van der Waals surface area (Å²) in [7, 11) is 0. The second kappa shape index (κ2) is 9.35. The van der Waals surface area contributed by atoms with Crippen LogP contribution in [0.15, 0.2) is 54.7 Å². The van der Waals surface area contributed by atoms with Crippen molar-refractivity contribution in [1.82, 2.24) is 9.97 Å². The van der Waals surface area contributed by atoms with Gasteiger partial charge in [0.25, 0.3) is 0 Å². The molecule has 1 aliphatic rings. The molecule has 6 nitrogen and oxygen atoms in total. The Morgan fingerprint density at radius 3 is 2.53 bits per heavy atom. The molecule has 2 N–H and O–H groups in total. The molecule has 1 aromatic heterocycles. The summed E-state index contributed by atoms with van der Waals surface area (Å²) in [5, 5.41) is 0.828. The van der Waals surface area contributed by atoms with Crippen molar-refractivity contribution in [3.63, 3.8) is 0 Å². The minimum absolute atomic E-state index is 0.169. The van der Waals surface area contributed by atoms with Gasteiger partial charge in [-0.3, -0.25) is 4.79 Å². The number of halogens is 2. The van der Waals surface area contributed by atoms with Crippen LogP contribution in [0.3, 0.4) is 0 Å². The van der Waals surface area contributed by atoms with Crippen molar-refractivity contribution in [3.05, 3.63) is 70.3 Å². The molecule has 0 saturated carbocycles. The summed E-state index contributed by atoms with van der Waals surface area (Å²) < 4.78 is 5.59. The fourth-order valence-corrected chi connectivity index (χ4v) is 4.16. The van der Waals surface area contributed by atoms with Gasteiger partial charge in [-0.05, 0) is 31.4 Å². The lowest BCUT2D eigenvalue weighted by Gasteiger charge is -2.38. The molecule has 3 aromatic rings. The molecule has 8 heteroatoms. The molecule has 0 aliphatic carbocycles. The predicted molar refractivity (Wildman–Crippen MR) is 128 cm³/mol. The van der Waals surface area contributed by atoms with Crippen LogP contribution in [-0.4, -0.2) is 29.0 Å². The van der Waals surface area contributed by atoms with Gasteiger partial charge in [-0.25, -0.2) is 9.97 Å². The van der Waals surface area contributed by atoms with Crippen LogP contribution >= 0.6 is 23.2 Å². The van der Waals surface area contributed by atoms with Gasteiger partial charge in [0.1, 0.15) is 18.1 Å². The Morgan fingerprint density at radius 1 is 1.12 bits per heavy atom. The summed E-state index contributed by atoms with van der Waals surface area (Å²) in [6.07, 6.45) is 2.99. The van der Waals surface area contributed by atoms with Crippen molar-refractivity contribution in [2.75, 3.05) is 23.7 Å². The molecule has 32 heavy (non-hydrogen) atoms. The molecule has 0 spiro atoms. The normalized spacial score (nSPS) is 15.4. The Morgan fingerprint density at radius 2 is 1.84 bits per heavy atom. The minimum atomic E-state index is -0.529. The Bertz CT molecular complexity index is 1120. The molecule has 0 atom stereocenters. The third-order valence-corrected chi connectivity index (χ3v) is 6.71. The molecule has 4 rings (SSSR count). The number of hydrogen-bond acceptors (Lipinski definition) is 6. The summed E-state index contributed by atoms with van der Waals surface area (Å²) in [6, 6.07) is 15.0. The zero-order chi connectivity index (χ0) is 22.7. The lowest BCUT2D eigenvalue weighted by molar-refractivity contribution is -0.157. The van der Waals surface area contributed by atoms with Gasteiger partial charge < -0.3 is 15.4 Å². The van der Waals surface area contributed by atoms with E-state index in [1.165, 1.54) is 0 Å². The lowest BCUT2D eigenvalue weighted by atomic mass is 9.80. The molecule has 0 unspecified atom stereocenters. The van der Waals surface area contributed by atoms with Crippen LogP contribution in [0.5, 0.6) is 0 Å². The Labute approximate surface area is 197 Å². The van der Waals surface area contributed by atoms with E-state index in [0.717, 1.165) is 5.56 Å². The maximum Gasteiger partial charge on any atom is 0.312 e. The minimum Gasteiger partial charge on any atom is -0.460 e. The van der Waals surface area contributed by atoms with Gasteiger partial charge in [-0.1, -0.05) is 65.7 Å². The average Bonchev–Trinajstić information content (AvgIpc) is 2.81. The van der Waals surface area contributed by atoms with E-state index in [0.29, 0.717) is 53.1 Å². The topological polar surface area (TPSA) is 81.3 Å². The monoisotopic (exact) mass is 470 g/mol. The van der Waals surface area contributed by atoms with Crippen molar-refractivity contribution in [2.45, 2.75) is 26.4 Å². The SMILES string of the molecule is CC1(C(=O)OCc2ccccc2)CCN(c2cnc(-c3cccc(Cl)c3Cl)c(N)n2)CC1. The van der Waals surface area contributed by atoms with E-state index in [4.69, 9.17) is 33.7 Å². The molecular weight excluding hydrogens is 447 g/mol. The Balaban J connectivity index is 1.41. The first-order chi connectivity index (χ1) is 15.4. The van der Waals surface area contributed by atoms with Gasteiger partial charge in [0.2, 0.25) is 0 Å². The molecule has 1 aliphatic heterocycles. The van der Waals surface area contributed by atoms with Crippen LogP contribution in [0.2, 0.25) is 10.0 Å². The van der Waals surface area contributed by atoms with E-state index in [2.05, 4.69) is 14.9 Å². The van der Waals surface area contributed by atoms with Gasteiger partial charge in [0.15, 0.2) is 5.82 Å². The van der Waals surface area contributed by atoms with Crippen molar-refractivity contribution in [1.29, 1.82) is 0 Å². The van der Waals surface area contributed by atoms with E-state index in [1.807, 2.05) is 43.3 Å². The van der Waals surface area contributed by atoms with E-state index >= 15 is 0 Å². The Hall–Kier alpha value is -2.83. The number of nitrogens with zero attached hydrogens (tertiary/aromatic N) is 3. The van der Waals surface area contributed by atoms with E-state index in [-0.39, 0.29) is 18.4 Å². The first-order valence-corrected chi connectivity index (χ1v) is 11.2. The highest BCUT2D eigenvalue weighted by molar-refractivity contribution is 6.43. The van der Waals surface area contributed by atoms with Crippen LogP contribution in [-0.2, 0) is 16.1 Å². The van der Waals surface area contributed by atoms with Gasteiger partial charge in [-0.2, -0.15) is 0 Å². The average molecular weight is 471 g/mol. The predicted octanol–water partition coefficient (Wildman–Crippen LogP) is 5.38. The summed E-state index contributed by atoms with van der Waals surface area (Å²) in [5.41, 5.74) is 7.78. The second-order valence-corrected chi connectivity index (χ2v) is 8.96. The molecule has 1 saturated heterocycles. The highest BCUT2D eigenvalue weighted by atomic mass is 35.5. The molecule has 0 bridgehead atoms. The maximum absolute atomic E-state index is 12.7. The number of rotatable bonds is 5. The largest absolute Gasteiger partial charge is 0.460 e. The van der Waals surface area contributed by atoms with Gasteiger partial charge in [0, 0.05) is 18.7 Å². The van der Waals surface area contributed by atoms with Crippen molar-refractivity contribution in [2.24, 2.45) is 5.41 Å². The Kier molecular flexibility index (Phi) is 6.53.